The number of aliphatic carboxylic acids is 1. The van der Waals surface area contributed by atoms with Crippen molar-refractivity contribution < 1.29 is 19.5 Å². The molecule has 1 amide bonds. The molecule has 0 unspecified atom stereocenters. The van der Waals surface area contributed by atoms with Crippen LogP contribution >= 0.6 is 11.6 Å². The van der Waals surface area contributed by atoms with Crippen molar-refractivity contribution in [3.8, 4) is 0 Å². The normalized spacial score (nSPS) is 21.0. The molecule has 1 atom stereocenters. The molecule has 0 saturated heterocycles. The third-order valence-corrected chi connectivity index (χ3v) is 4.80. The lowest BCUT2D eigenvalue weighted by Gasteiger charge is -2.44. The number of carboxylic acids is 1. The zero-order chi connectivity index (χ0) is 17.0. The van der Waals surface area contributed by atoms with E-state index < -0.39 is 11.5 Å². The van der Waals surface area contributed by atoms with Crippen LogP contribution in [0.5, 0.6) is 0 Å². The molecule has 0 aromatic heterocycles. The molecule has 23 heavy (non-hydrogen) atoms. The van der Waals surface area contributed by atoms with Gasteiger partial charge in [-0.3, -0.25) is 14.4 Å². The van der Waals surface area contributed by atoms with Gasteiger partial charge in [0.15, 0.2) is 5.78 Å². The maximum atomic E-state index is 12.8. The predicted octanol–water partition coefficient (Wildman–Crippen LogP) is 3.00. The molecule has 1 N–H and O–H groups in total. The van der Waals surface area contributed by atoms with Crippen LogP contribution in [0, 0.1) is 0 Å². The number of hydrogen-bond donors (Lipinski definition) is 1. The number of ketones is 1. The third-order valence-electron chi connectivity index (χ3n) is 4.47. The van der Waals surface area contributed by atoms with E-state index >= 15 is 0 Å². The molecule has 5 nitrogen and oxygen atoms in total. The highest BCUT2D eigenvalue weighted by Crippen LogP contribution is 2.42. The van der Waals surface area contributed by atoms with Crippen molar-refractivity contribution in [3.05, 3.63) is 34.9 Å². The van der Waals surface area contributed by atoms with Gasteiger partial charge in [0, 0.05) is 30.5 Å². The van der Waals surface area contributed by atoms with Gasteiger partial charge in [-0.2, -0.15) is 0 Å². The molecule has 124 valence electrons. The summed E-state index contributed by atoms with van der Waals surface area (Å²) in [5, 5.41) is 9.22. The molecule has 1 fully saturated rings. The van der Waals surface area contributed by atoms with E-state index in [0.717, 1.165) is 12.8 Å². The Morgan fingerprint density at radius 1 is 1.26 bits per heavy atom. The number of carboxylic acid groups (broad SMARTS) is 1. The number of likely N-dealkylation sites (N-methyl/N-ethyl adjacent to an activating group) is 1. The molecule has 0 radical (unpaired) electrons. The van der Waals surface area contributed by atoms with E-state index in [-0.39, 0.29) is 24.5 Å². The summed E-state index contributed by atoms with van der Waals surface area (Å²) in [5.41, 5.74) is -0.468. The highest BCUT2D eigenvalue weighted by molar-refractivity contribution is 6.31. The quantitative estimate of drug-likeness (QED) is 0.896. The van der Waals surface area contributed by atoms with Crippen LogP contribution in [0.2, 0.25) is 5.02 Å². The molecule has 1 aromatic rings. The molecule has 2 rings (SSSR count). The fourth-order valence-corrected chi connectivity index (χ4v) is 3.52. The number of carbonyl (C=O) groups excluding carboxylic acids is 2. The van der Waals surface area contributed by atoms with Crippen molar-refractivity contribution >= 4 is 29.3 Å². The molecule has 0 bridgehead atoms. The Morgan fingerprint density at radius 3 is 2.57 bits per heavy atom. The Bertz CT molecular complexity index is 631. The first-order chi connectivity index (χ1) is 10.9. The van der Waals surface area contributed by atoms with Gasteiger partial charge in [0.2, 0.25) is 5.91 Å². The number of halogens is 1. The molecule has 0 heterocycles. The summed E-state index contributed by atoms with van der Waals surface area (Å²) in [5.74, 6) is -1.43. The van der Waals surface area contributed by atoms with E-state index in [1.54, 1.807) is 31.3 Å². The lowest BCUT2D eigenvalue weighted by atomic mass is 9.74. The first-order valence-electron chi connectivity index (χ1n) is 7.66. The summed E-state index contributed by atoms with van der Waals surface area (Å²) in [6.07, 6.45) is 2.11. The maximum Gasteiger partial charge on any atom is 0.303 e. The number of Topliss-reactive ketones (excluding diaryl/α,β-unsaturated/α-hetero) is 1. The third kappa shape index (κ3) is 3.39. The van der Waals surface area contributed by atoms with Gasteiger partial charge in [0.1, 0.15) is 5.54 Å². The minimum atomic E-state index is -1.09. The summed E-state index contributed by atoms with van der Waals surface area (Å²) >= 11 is 6.30. The number of hydrogen-bond acceptors (Lipinski definition) is 3. The van der Waals surface area contributed by atoms with Crippen LogP contribution in [0.25, 0.3) is 0 Å². The van der Waals surface area contributed by atoms with Crippen molar-refractivity contribution in [2.45, 2.75) is 44.1 Å². The molecule has 0 spiro atoms. The fraction of sp³-hybridized carbons (Fsp3) is 0.471. The van der Waals surface area contributed by atoms with Gasteiger partial charge in [-0.25, -0.2) is 0 Å². The molecule has 1 aliphatic carbocycles. The van der Waals surface area contributed by atoms with Crippen LogP contribution in [0.3, 0.4) is 0 Å². The number of nitrogens with zero attached hydrogens (tertiary/aromatic N) is 1. The van der Waals surface area contributed by atoms with E-state index in [2.05, 4.69) is 0 Å². The average molecular weight is 338 g/mol. The molecule has 1 saturated carbocycles. The highest BCUT2D eigenvalue weighted by Gasteiger charge is 2.47. The van der Waals surface area contributed by atoms with Crippen molar-refractivity contribution in [2.24, 2.45) is 0 Å². The first-order valence-corrected chi connectivity index (χ1v) is 8.04. The molecular weight excluding hydrogens is 318 g/mol. The van der Waals surface area contributed by atoms with E-state index in [9.17, 15) is 14.4 Å². The number of benzene rings is 1. The zero-order valence-electron chi connectivity index (χ0n) is 13.0. The van der Waals surface area contributed by atoms with Crippen molar-refractivity contribution in [3.63, 3.8) is 0 Å². The summed E-state index contributed by atoms with van der Waals surface area (Å²) in [6, 6.07) is 7.04. The van der Waals surface area contributed by atoms with E-state index in [0.29, 0.717) is 23.4 Å². The second kappa shape index (κ2) is 7.13. The fourth-order valence-electron chi connectivity index (χ4n) is 3.22. The summed E-state index contributed by atoms with van der Waals surface area (Å²) in [6.45, 7) is 0. The van der Waals surface area contributed by atoms with Crippen LogP contribution < -0.4 is 0 Å². The lowest BCUT2D eigenvalue weighted by Crippen LogP contribution is -2.54. The van der Waals surface area contributed by atoms with Crippen LogP contribution in [-0.2, 0) is 19.9 Å². The largest absolute Gasteiger partial charge is 0.481 e. The smallest absolute Gasteiger partial charge is 0.303 e. The molecular formula is C17H20ClNO4. The molecule has 1 aliphatic rings. The van der Waals surface area contributed by atoms with Crippen molar-refractivity contribution in [1.82, 2.24) is 4.90 Å². The maximum absolute atomic E-state index is 12.8. The molecule has 0 aliphatic heterocycles. The predicted molar refractivity (Wildman–Crippen MR) is 86.2 cm³/mol. The van der Waals surface area contributed by atoms with Gasteiger partial charge < -0.3 is 10.0 Å². The summed E-state index contributed by atoms with van der Waals surface area (Å²) in [4.78, 5) is 37.3. The van der Waals surface area contributed by atoms with Gasteiger partial charge in [-0.15, -0.1) is 0 Å². The summed E-state index contributed by atoms with van der Waals surface area (Å²) < 4.78 is 0. The van der Waals surface area contributed by atoms with Crippen LogP contribution in [0.15, 0.2) is 24.3 Å². The number of rotatable bonds is 5. The van der Waals surface area contributed by atoms with Gasteiger partial charge >= 0.3 is 5.97 Å². The van der Waals surface area contributed by atoms with Crippen LogP contribution in [-0.4, -0.2) is 34.7 Å². The zero-order valence-corrected chi connectivity index (χ0v) is 13.8. The molecule has 6 heteroatoms. The Balaban J connectivity index is 2.42. The van der Waals surface area contributed by atoms with Crippen LogP contribution in [0.1, 0.15) is 44.1 Å². The Kier molecular flexibility index (Phi) is 5.42. The second-order valence-electron chi connectivity index (χ2n) is 5.82. The molecule has 1 aromatic carbocycles. The van der Waals surface area contributed by atoms with Gasteiger partial charge in [0.05, 0.1) is 6.42 Å². The van der Waals surface area contributed by atoms with Crippen molar-refractivity contribution in [2.75, 3.05) is 7.05 Å². The van der Waals surface area contributed by atoms with Crippen molar-refractivity contribution in [1.29, 1.82) is 0 Å². The first kappa shape index (κ1) is 17.5. The number of amides is 1. The van der Waals surface area contributed by atoms with Gasteiger partial charge in [-0.1, -0.05) is 29.8 Å². The SMILES string of the molecule is CN(C(=O)CCC(=O)O)[C@]1(c2ccccc2Cl)CCCCC1=O. The number of carbonyl (C=O) groups is 3. The van der Waals surface area contributed by atoms with E-state index in [1.165, 1.54) is 4.90 Å². The van der Waals surface area contributed by atoms with Gasteiger partial charge in [-0.05, 0) is 25.3 Å². The lowest BCUT2D eigenvalue weighted by molar-refractivity contribution is -0.149. The summed E-state index contributed by atoms with van der Waals surface area (Å²) in [7, 11) is 1.57. The van der Waals surface area contributed by atoms with E-state index in [1.807, 2.05) is 0 Å². The second-order valence-corrected chi connectivity index (χ2v) is 6.22. The Labute approximate surface area is 140 Å². The van der Waals surface area contributed by atoms with Gasteiger partial charge in [0.25, 0.3) is 0 Å². The Morgan fingerprint density at radius 2 is 1.96 bits per heavy atom. The topological polar surface area (TPSA) is 74.7 Å². The standard InChI is InChI=1S/C17H20ClNO4/c1-19(15(21)9-10-16(22)23)17(11-5-4-8-14(17)20)12-6-2-3-7-13(12)18/h2-3,6-7H,4-5,8-11H2,1H3,(H,22,23)/t17-/m0/s1. The Hall–Kier alpha value is -1.88. The average Bonchev–Trinajstić information content (AvgIpc) is 2.53. The minimum absolute atomic E-state index is 0.0389. The highest BCUT2D eigenvalue weighted by atomic mass is 35.5. The van der Waals surface area contributed by atoms with E-state index in [4.69, 9.17) is 16.7 Å². The minimum Gasteiger partial charge on any atom is -0.481 e. The monoisotopic (exact) mass is 337 g/mol. The van der Waals surface area contributed by atoms with Crippen LogP contribution in [0.4, 0.5) is 0 Å².